The quantitative estimate of drug-likeness (QED) is 0.486. The van der Waals surface area contributed by atoms with E-state index < -0.39 is 0 Å². The van der Waals surface area contributed by atoms with Crippen LogP contribution in [-0.2, 0) is 6.54 Å². The number of methoxy groups -OCH3 is 3. The van der Waals surface area contributed by atoms with Gasteiger partial charge >= 0.3 is 0 Å². The van der Waals surface area contributed by atoms with Crippen LogP contribution in [-0.4, -0.2) is 36.0 Å². The van der Waals surface area contributed by atoms with Crippen LogP contribution >= 0.6 is 0 Å². The van der Waals surface area contributed by atoms with E-state index in [-0.39, 0.29) is 5.88 Å². The molecule has 7 heteroatoms. The minimum Gasteiger partial charge on any atom is -0.494 e. The maximum Gasteiger partial charge on any atom is 0.203 e. The number of aromatic hydroxyl groups is 1. The minimum absolute atomic E-state index is 0.146. The van der Waals surface area contributed by atoms with Gasteiger partial charge in [0.15, 0.2) is 11.5 Å². The normalized spacial score (nSPS) is 11.2. The number of anilines is 1. The molecule has 0 radical (unpaired) electrons. The lowest BCUT2D eigenvalue weighted by Gasteiger charge is -2.17. The molecule has 0 atom stereocenters. The Kier molecular flexibility index (Phi) is 5.03. The second-order valence-electron chi connectivity index (χ2n) is 7.02. The number of rotatable bonds is 6. The first-order valence-electron chi connectivity index (χ1n) is 9.75. The summed E-state index contributed by atoms with van der Waals surface area (Å²) in [6.45, 7) is 2.74. The molecule has 0 aliphatic heterocycles. The van der Waals surface area contributed by atoms with Crippen LogP contribution in [0.1, 0.15) is 13.3 Å². The summed E-state index contributed by atoms with van der Waals surface area (Å²) in [4.78, 5) is 4.86. The average molecular weight is 407 g/mol. The van der Waals surface area contributed by atoms with Gasteiger partial charge in [0.1, 0.15) is 0 Å². The average Bonchev–Trinajstić information content (AvgIpc) is 3.08. The number of aryl methyl sites for hydroxylation is 1. The van der Waals surface area contributed by atoms with Crippen molar-refractivity contribution in [1.29, 1.82) is 0 Å². The number of nitrogen functional groups attached to an aromatic ring is 1. The monoisotopic (exact) mass is 407 g/mol. The number of fused-ring (bicyclic) bond motifs is 2. The van der Waals surface area contributed by atoms with Crippen molar-refractivity contribution in [2.75, 3.05) is 27.1 Å². The van der Waals surface area contributed by atoms with Crippen LogP contribution in [0.2, 0.25) is 0 Å². The van der Waals surface area contributed by atoms with Gasteiger partial charge < -0.3 is 29.6 Å². The molecule has 0 fully saturated rings. The zero-order valence-corrected chi connectivity index (χ0v) is 17.5. The number of hydrogen-bond donors (Lipinski definition) is 2. The number of pyridine rings is 1. The van der Waals surface area contributed by atoms with Gasteiger partial charge in [-0.1, -0.05) is 25.1 Å². The maximum absolute atomic E-state index is 10.6. The van der Waals surface area contributed by atoms with Crippen molar-refractivity contribution in [3.05, 3.63) is 36.5 Å². The van der Waals surface area contributed by atoms with E-state index in [0.29, 0.717) is 40.4 Å². The van der Waals surface area contributed by atoms with E-state index in [0.717, 1.165) is 28.5 Å². The molecule has 4 aromatic rings. The summed E-state index contributed by atoms with van der Waals surface area (Å²) in [5.74, 6) is 1.79. The molecular weight excluding hydrogens is 382 g/mol. The van der Waals surface area contributed by atoms with Crippen LogP contribution in [0.15, 0.2) is 36.5 Å². The highest BCUT2D eigenvalue weighted by atomic mass is 16.5. The number of para-hydroxylation sites is 1. The smallest absolute Gasteiger partial charge is 0.203 e. The first kappa shape index (κ1) is 19.7. The number of nitrogens with zero attached hydrogens (tertiary/aromatic N) is 2. The fourth-order valence-electron chi connectivity index (χ4n) is 3.95. The van der Waals surface area contributed by atoms with Gasteiger partial charge in [-0.25, -0.2) is 4.98 Å². The maximum atomic E-state index is 10.6. The lowest BCUT2D eigenvalue weighted by molar-refractivity contribution is 0.325. The molecule has 0 unspecified atom stereocenters. The van der Waals surface area contributed by atoms with Gasteiger partial charge in [-0.05, 0) is 18.6 Å². The Labute approximate surface area is 174 Å². The molecule has 2 aromatic heterocycles. The molecule has 0 aliphatic rings. The number of aromatic nitrogens is 2. The first-order valence-corrected chi connectivity index (χ1v) is 9.75. The predicted octanol–water partition coefficient (Wildman–Crippen LogP) is 4.58. The fourth-order valence-corrected chi connectivity index (χ4v) is 3.95. The molecule has 7 nitrogen and oxygen atoms in total. The fraction of sp³-hybridized carbons (Fsp3) is 0.261. The highest BCUT2D eigenvalue weighted by Crippen LogP contribution is 2.46. The van der Waals surface area contributed by atoms with Gasteiger partial charge in [-0.2, -0.15) is 0 Å². The van der Waals surface area contributed by atoms with Crippen LogP contribution in [0.3, 0.4) is 0 Å². The Morgan fingerprint density at radius 2 is 1.77 bits per heavy atom. The number of hydrogen-bond acceptors (Lipinski definition) is 6. The molecule has 2 aromatic carbocycles. The zero-order valence-electron chi connectivity index (χ0n) is 17.5. The van der Waals surface area contributed by atoms with Crippen LogP contribution in [0.5, 0.6) is 23.1 Å². The topological polar surface area (TPSA) is 91.8 Å². The van der Waals surface area contributed by atoms with E-state index in [4.69, 9.17) is 24.9 Å². The highest BCUT2D eigenvalue weighted by molar-refractivity contribution is 6.12. The van der Waals surface area contributed by atoms with Crippen LogP contribution < -0.4 is 19.9 Å². The SMILES string of the molecule is CCCn1cc2nc3c(-c4ccc(OC)c(OC)c4OC)cccc3c(N)c2c1O. The molecule has 156 valence electrons. The molecule has 0 saturated heterocycles. The van der Waals surface area contributed by atoms with Gasteiger partial charge in [0.05, 0.1) is 43.4 Å². The molecule has 30 heavy (non-hydrogen) atoms. The van der Waals surface area contributed by atoms with E-state index in [9.17, 15) is 5.11 Å². The Morgan fingerprint density at radius 3 is 2.43 bits per heavy atom. The Hall–Kier alpha value is -3.61. The standard InChI is InChI=1S/C23H25N3O4/c1-5-11-26-12-16-18(23(26)27)19(24)15-8-6-7-13(20(15)25-16)14-9-10-17(28-2)22(30-4)21(14)29-3/h6-10,12,27H,5,11,24H2,1-4H3. The Bertz CT molecular complexity index is 1250. The van der Waals surface area contributed by atoms with Crippen molar-refractivity contribution in [3.63, 3.8) is 0 Å². The third-order valence-corrected chi connectivity index (χ3v) is 5.32. The summed E-state index contributed by atoms with van der Waals surface area (Å²) in [7, 11) is 4.75. The van der Waals surface area contributed by atoms with Crippen molar-refractivity contribution in [2.45, 2.75) is 19.9 Å². The summed E-state index contributed by atoms with van der Waals surface area (Å²) < 4.78 is 18.4. The van der Waals surface area contributed by atoms with Crippen LogP contribution in [0.4, 0.5) is 5.69 Å². The zero-order chi connectivity index (χ0) is 21.4. The largest absolute Gasteiger partial charge is 0.494 e. The van der Waals surface area contributed by atoms with E-state index in [1.807, 2.05) is 36.5 Å². The van der Waals surface area contributed by atoms with Gasteiger partial charge in [0, 0.05) is 29.3 Å². The van der Waals surface area contributed by atoms with Gasteiger partial charge in [-0.3, -0.25) is 0 Å². The van der Waals surface area contributed by atoms with E-state index >= 15 is 0 Å². The molecule has 0 spiro atoms. The molecule has 0 saturated carbocycles. The first-order chi connectivity index (χ1) is 14.5. The number of ether oxygens (including phenoxy) is 3. The van der Waals surface area contributed by atoms with Crippen molar-refractivity contribution < 1.29 is 19.3 Å². The Morgan fingerprint density at radius 1 is 1.00 bits per heavy atom. The van der Waals surface area contributed by atoms with Crippen molar-refractivity contribution in [3.8, 4) is 34.3 Å². The van der Waals surface area contributed by atoms with Crippen LogP contribution in [0, 0.1) is 0 Å². The van der Waals surface area contributed by atoms with E-state index in [1.165, 1.54) is 0 Å². The summed E-state index contributed by atoms with van der Waals surface area (Å²) in [5.41, 5.74) is 10.0. The van der Waals surface area contributed by atoms with E-state index in [1.54, 1.807) is 25.9 Å². The highest BCUT2D eigenvalue weighted by Gasteiger charge is 2.21. The molecule has 2 heterocycles. The van der Waals surface area contributed by atoms with Crippen LogP contribution in [0.25, 0.3) is 32.9 Å². The molecular formula is C23H25N3O4. The lowest BCUT2D eigenvalue weighted by Crippen LogP contribution is -1.98. The second kappa shape index (κ2) is 7.67. The number of nitrogens with two attached hydrogens (primary N) is 1. The third kappa shape index (κ3) is 2.85. The van der Waals surface area contributed by atoms with Crippen molar-refractivity contribution in [2.24, 2.45) is 0 Å². The summed E-state index contributed by atoms with van der Waals surface area (Å²) in [5, 5.41) is 12.0. The number of benzene rings is 2. The van der Waals surface area contributed by atoms with E-state index in [2.05, 4.69) is 6.92 Å². The summed E-state index contributed by atoms with van der Waals surface area (Å²) in [6.07, 6.45) is 2.73. The molecule has 0 amide bonds. The lowest BCUT2D eigenvalue weighted by atomic mass is 9.99. The Balaban J connectivity index is 2.05. The van der Waals surface area contributed by atoms with Gasteiger partial charge in [0.2, 0.25) is 11.6 Å². The molecule has 0 bridgehead atoms. The van der Waals surface area contributed by atoms with Gasteiger partial charge in [0.25, 0.3) is 0 Å². The minimum atomic E-state index is 0.146. The molecule has 3 N–H and O–H groups in total. The summed E-state index contributed by atoms with van der Waals surface area (Å²) in [6, 6.07) is 9.53. The molecule has 0 aliphatic carbocycles. The second-order valence-corrected chi connectivity index (χ2v) is 7.02. The van der Waals surface area contributed by atoms with Gasteiger partial charge in [-0.15, -0.1) is 0 Å². The predicted molar refractivity (Wildman–Crippen MR) is 119 cm³/mol. The van der Waals surface area contributed by atoms with Crippen molar-refractivity contribution in [1.82, 2.24) is 9.55 Å². The molecule has 4 rings (SSSR count). The van der Waals surface area contributed by atoms with Crippen molar-refractivity contribution >= 4 is 27.5 Å². The summed E-state index contributed by atoms with van der Waals surface area (Å²) >= 11 is 0. The third-order valence-electron chi connectivity index (χ3n) is 5.32.